The molecule has 0 aliphatic rings. The average molecular weight is 392 g/mol. The van der Waals surface area contributed by atoms with Crippen LogP contribution in [-0.2, 0) is 10.0 Å². The highest BCUT2D eigenvalue weighted by molar-refractivity contribution is 7.89. The van der Waals surface area contributed by atoms with Crippen LogP contribution in [0.5, 0.6) is 0 Å². The summed E-state index contributed by atoms with van der Waals surface area (Å²) in [4.78, 5) is 13.0. The average Bonchev–Trinajstić information content (AvgIpc) is 2.73. The molecule has 1 aromatic carbocycles. The van der Waals surface area contributed by atoms with Crippen molar-refractivity contribution in [3.05, 3.63) is 38.6 Å². The molecule has 1 heterocycles. The fourth-order valence-corrected chi connectivity index (χ4v) is 4.34. The van der Waals surface area contributed by atoms with E-state index in [0.29, 0.717) is 12.8 Å². The second-order valence-electron chi connectivity index (χ2n) is 5.48. The molecule has 2 rings (SSSR count). The first-order valence-electron chi connectivity index (χ1n) is 7.43. The summed E-state index contributed by atoms with van der Waals surface area (Å²) in [7, 11) is -3.80. The molecule has 132 valence electrons. The Bertz CT molecular complexity index is 908. The Hall–Kier alpha value is -1.44. The number of rotatable bonds is 5. The van der Waals surface area contributed by atoms with E-state index in [1.165, 1.54) is 4.68 Å². The number of anilines is 1. The molecule has 0 atom stereocenters. The van der Waals surface area contributed by atoms with Gasteiger partial charge < -0.3 is 5.73 Å². The van der Waals surface area contributed by atoms with Gasteiger partial charge in [0.15, 0.2) is 0 Å². The molecule has 1 aromatic heterocycles. The van der Waals surface area contributed by atoms with Gasteiger partial charge in [-0.15, -0.1) is 0 Å². The summed E-state index contributed by atoms with van der Waals surface area (Å²) >= 11 is 12.4. The number of nitrogen functional groups attached to an aromatic ring is 1. The Morgan fingerprint density at radius 3 is 2.04 bits per heavy atom. The highest BCUT2D eigenvalue weighted by Gasteiger charge is 2.29. The Balaban J connectivity index is 2.99. The van der Waals surface area contributed by atoms with E-state index in [-0.39, 0.29) is 33.0 Å². The van der Waals surface area contributed by atoms with Gasteiger partial charge in [0.1, 0.15) is 5.82 Å². The Kier molecular flexibility index (Phi) is 5.37. The van der Waals surface area contributed by atoms with E-state index >= 15 is 0 Å². The third-order valence-corrected chi connectivity index (χ3v) is 5.53. The van der Waals surface area contributed by atoms with Crippen LogP contribution in [0.15, 0.2) is 23.0 Å². The number of nitrogens with two attached hydrogens (primary N) is 1. The van der Waals surface area contributed by atoms with Crippen molar-refractivity contribution in [3.63, 3.8) is 0 Å². The quantitative estimate of drug-likeness (QED) is 0.845. The molecule has 0 aliphatic heterocycles. The first kappa shape index (κ1) is 18.9. The molecule has 2 N–H and O–H groups in total. The van der Waals surface area contributed by atoms with Gasteiger partial charge in [-0.25, -0.2) is 13.1 Å². The SMILES string of the molecule is CCC(CC)n1c(=O)c(-c2c(Cl)cccc2Cl)c(N)n1S(C)(=O)=O. The lowest BCUT2D eigenvalue weighted by molar-refractivity contribution is 0.398. The van der Waals surface area contributed by atoms with Crippen LogP contribution < -0.4 is 11.3 Å². The maximum absolute atomic E-state index is 13.0. The third kappa shape index (κ3) is 3.08. The number of aromatic nitrogens is 2. The molecule has 0 amide bonds. The van der Waals surface area contributed by atoms with Crippen LogP contribution >= 0.6 is 23.2 Å². The Morgan fingerprint density at radius 1 is 1.12 bits per heavy atom. The smallest absolute Gasteiger partial charge is 0.278 e. The molecule has 24 heavy (non-hydrogen) atoms. The molecule has 0 aliphatic carbocycles. The van der Waals surface area contributed by atoms with Gasteiger partial charge in [0, 0.05) is 5.56 Å². The van der Waals surface area contributed by atoms with Crippen molar-refractivity contribution in [2.45, 2.75) is 32.7 Å². The summed E-state index contributed by atoms with van der Waals surface area (Å²) in [6.07, 6.45) is 2.15. The molecule has 0 fully saturated rings. The van der Waals surface area contributed by atoms with Gasteiger partial charge in [-0.1, -0.05) is 43.1 Å². The first-order valence-corrected chi connectivity index (χ1v) is 10.0. The van der Waals surface area contributed by atoms with Gasteiger partial charge in [-0.3, -0.25) is 4.79 Å². The zero-order chi connectivity index (χ0) is 18.2. The van der Waals surface area contributed by atoms with E-state index in [9.17, 15) is 13.2 Å². The molecule has 0 spiro atoms. The number of nitrogens with zero attached hydrogens (tertiary/aromatic N) is 2. The predicted octanol–water partition coefficient (Wildman–Crippen LogP) is 3.37. The zero-order valence-corrected chi connectivity index (χ0v) is 15.9. The van der Waals surface area contributed by atoms with Gasteiger partial charge in [-0.05, 0) is 25.0 Å². The van der Waals surface area contributed by atoms with Crippen LogP contribution in [0.1, 0.15) is 32.7 Å². The van der Waals surface area contributed by atoms with E-state index in [0.717, 1.165) is 10.3 Å². The minimum absolute atomic E-state index is 0.00271. The fourth-order valence-electron chi connectivity index (χ4n) is 2.78. The van der Waals surface area contributed by atoms with Crippen molar-refractivity contribution >= 4 is 39.0 Å². The molecule has 0 saturated heterocycles. The summed E-state index contributed by atoms with van der Waals surface area (Å²) in [6.45, 7) is 3.75. The molecule has 6 nitrogen and oxygen atoms in total. The molecule has 0 bridgehead atoms. The summed E-state index contributed by atoms with van der Waals surface area (Å²) in [5.41, 5.74) is 5.77. The molecule has 0 saturated carbocycles. The molecule has 9 heteroatoms. The first-order chi connectivity index (χ1) is 11.1. The van der Waals surface area contributed by atoms with E-state index < -0.39 is 15.6 Å². The van der Waals surface area contributed by atoms with E-state index in [1.54, 1.807) is 18.2 Å². The monoisotopic (exact) mass is 391 g/mol. The van der Waals surface area contributed by atoms with Crippen molar-refractivity contribution in [1.82, 2.24) is 8.77 Å². The van der Waals surface area contributed by atoms with Crippen molar-refractivity contribution in [1.29, 1.82) is 0 Å². The van der Waals surface area contributed by atoms with Gasteiger partial charge in [-0.2, -0.15) is 4.09 Å². The van der Waals surface area contributed by atoms with Crippen LogP contribution in [-0.4, -0.2) is 23.4 Å². The number of halogens is 2. The van der Waals surface area contributed by atoms with Crippen molar-refractivity contribution in [2.24, 2.45) is 0 Å². The maximum Gasteiger partial charge on any atom is 0.278 e. The lowest BCUT2D eigenvalue weighted by Crippen LogP contribution is -2.31. The molecular formula is C15H19Cl2N3O3S. The zero-order valence-electron chi connectivity index (χ0n) is 13.6. The van der Waals surface area contributed by atoms with E-state index in [1.807, 2.05) is 13.8 Å². The van der Waals surface area contributed by atoms with Crippen molar-refractivity contribution < 1.29 is 8.42 Å². The number of hydrogen-bond acceptors (Lipinski definition) is 4. The van der Waals surface area contributed by atoms with Crippen LogP contribution in [0.3, 0.4) is 0 Å². The highest BCUT2D eigenvalue weighted by Crippen LogP contribution is 2.37. The van der Waals surface area contributed by atoms with Crippen molar-refractivity contribution in [3.8, 4) is 11.1 Å². The maximum atomic E-state index is 13.0. The number of hydrogen-bond donors (Lipinski definition) is 1. The Labute approximate surface area is 150 Å². The lowest BCUT2D eigenvalue weighted by Gasteiger charge is -2.18. The van der Waals surface area contributed by atoms with Gasteiger partial charge >= 0.3 is 0 Å². The lowest BCUT2D eigenvalue weighted by atomic mass is 10.1. The van der Waals surface area contributed by atoms with Gasteiger partial charge in [0.25, 0.3) is 15.6 Å². The topological polar surface area (TPSA) is 87.1 Å². The molecular weight excluding hydrogens is 373 g/mol. The largest absolute Gasteiger partial charge is 0.382 e. The second kappa shape index (κ2) is 6.82. The third-order valence-electron chi connectivity index (χ3n) is 3.90. The minimum Gasteiger partial charge on any atom is -0.382 e. The minimum atomic E-state index is -3.80. The summed E-state index contributed by atoms with van der Waals surface area (Å²) < 4.78 is 26.5. The molecule has 0 radical (unpaired) electrons. The summed E-state index contributed by atoms with van der Waals surface area (Å²) in [5, 5.41) is 0.460. The van der Waals surface area contributed by atoms with E-state index in [4.69, 9.17) is 28.9 Å². The van der Waals surface area contributed by atoms with Gasteiger partial charge in [0.05, 0.1) is 27.9 Å². The van der Waals surface area contributed by atoms with Gasteiger partial charge in [0.2, 0.25) is 0 Å². The van der Waals surface area contributed by atoms with Crippen LogP contribution in [0.2, 0.25) is 10.0 Å². The highest BCUT2D eigenvalue weighted by atomic mass is 35.5. The second-order valence-corrected chi connectivity index (χ2v) is 8.11. The molecule has 0 unspecified atom stereocenters. The van der Waals surface area contributed by atoms with Crippen LogP contribution in [0.25, 0.3) is 11.1 Å². The van der Waals surface area contributed by atoms with Crippen LogP contribution in [0, 0.1) is 0 Å². The standard InChI is InChI=1S/C15H19Cl2N3O3S/c1-4-9(5-2)19-15(21)13(14(18)20(19)24(3,22)23)12-10(16)7-6-8-11(12)17/h6-9H,4-5,18H2,1-3H3. The van der Waals surface area contributed by atoms with Crippen molar-refractivity contribution in [2.75, 3.05) is 12.0 Å². The Morgan fingerprint density at radius 2 is 1.62 bits per heavy atom. The summed E-state index contributed by atoms with van der Waals surface area (Å²) in [5.74, 6) is -0.190. The molecule has 2 aromatic rings. The predicted molar refractivity (Wildman–Crippen MR) is 98.4 cm³/mol. The fraction of sp³-hybridized carbons (Fsp3) is 0.400. The summed E-state index contributed by atoms with van der Waals surface area (Å²) in [6, 6.07) is 4.46. The number of benzene rings is 1. The van der Waals surface area contributed by atoms with E-state index in [2.05, 4.69) is 0 Å². The normalized spacial score (nSPS) is 12.1. The van der Waals surface area contributed by atoms with Crippen LogP contribution in [0.4, 0.5) is 5.82 Å².